The third-order valence-corrected chi connectivity index (χ3v) is 7.37. The molecule has 0 radical (unpaired) electrons. The number of ketones is 1. The van der Waals surface area contributed by atoms with Crippen molar-refractivity contribution in [1.29, 1.82) is 0 Å². The first-order chi connectivity index (χ1) is 13.2. The van der Waals surface area contributed by atoms with Crippen LogP contribution in [0.3, 0.4) is 0 Å². The molecule has 2 aromatic rings. The molecule has 3 aliphatic rings. The fourth-order valence-electron chi connectivity index (χ4n) is 6.15. The molecule has 5 atom stereocenters. The van der Waals surface area contributed by atoms with Crippen molar-refractivity contribution < 1.29 is 9.90 Å². The number of hydrogen-bond donors (Lipinski definition) is 2. The van der Waals surface area contributed by atoms with Crippen LogP contribution in [0.1, 0.15) is 56.1 Å². The van der Waals surface area contributed by atoms with E-state index >= 15 is 0 Å². The van der Waals surface area contributed by atoms with Gasteiger partial charge < -0.3 is 10.1 Å². The van der Waals surface area contributed by atoms with E-state index in [4.69, 9.17) is 0 Å². The van der Waals surface area contributed by atoms with Crippen molar-refractivity contribution in [2.24, 2.45) is 11.8 Å². The average Bonchev–Trinajstić information content (AvgIpc) is 3.29. The molecule has 1 saturated heterocycles. The van der Waals surface area contributed by atoms with Crippen LogP contribution >= 0.6 is 0 Å². The number of H-pyrrole nitrogens is 1. The number of nitrogens with one attached hydrogen (secondary N) is 1. The molecule has 3 unspecified atom stereocenters. The smallest absolute Gasteiger partial charge is 0.133 e. The van der Waals surface area contributed by atoms with Crippen LogP contribution in [0.25, 0.3) is 10.9 Å². The minimum absolute atomic E-state index is 0.171. The van der Waals surface area contributed by atoms with Gasteiger partial charge in [0.2, 0.25) is 0 Å². The molecule has 1 aromatic carbocycles. The number of likely N-dealkylation sites (tertiary alicyclic amines) is 1. The van der Waals surface area contributed by atoms with Crippen molar-refractivity contribution in [1.82, 2.24) is 9.88 Å². The lowest BCUT2D eigenvalue weighted by Crippen LogP contribution is -2.53. The molecule has 144 valence electrons. The second-order valence-electron chi connectivity index (χ2n) is 8.98. The predicted molar refractivity (Wildman–Crippen MR) is 107 cm³/mol. The minimum atomic E-state index is -0.344. The van der Waals surface area contributed by atoms with Crippen molar-refractivity contribution in [2.75, 3.05) is 13.1 Å². The van der Waals surface area contributed by atoms with E-state index in [1.807, 2.05) is 0 Å². The van der Waals surface area contributed by atoms with E-state index in [0.29, 0.717) is 30.6 Å². The van der Waals surface area contributed by atoms with Crippen LogP contribution in [0.5, 0.6) is 0 Å². The molecule has 4 heteroatoms. The number of carbonyl (C=O) groups is 1. The number of aliphatic hydroxyl groups is 1. The first kappa shape index (κ1) is 17.4. The number of rotatable bonds is 4. The zero-order chi connectivity index (χ0) is 18.5. The van der Waals surface area contributed by atoms with Crippen LogP contribution in [0, 0.1) is 11.8 Å². The summed E-state index contributed by atoms with van der Waals surface area (Å²) in [6.07, 6.45) is 7.24. The molecule has 27 heavy (non-hydrogen) atoms. The Bertz CT molecular complexity index is 857. The summed E-state index contributed by atoms with van der Waals surface area (Å²) in [6, 6.07) is 7.17. The van der Waals surface area contributed by atoms with E-state index in [9.17, 15) is 9.90 Å². The van der Waals surface area contributed by atoms with Crippen LogP contribution in [-0.4, -0.2) is 46.0 Å². The van der Waals surface area contributed by atoms with E-state index in [1.165, 1.54) is 22.0 Å². The van der Waals surface area contributed by atoms with Gasteiger partial charge in [-0.25, -0.2) is 0 Å². The van der Waals surface area contributed by atoms with Crippen molar-refractivity contribution in [3.63, 3.8) is 0 Å². The van der Waals surface area contributed by atoms with Crippen molar-refractivity contribution in [3.05, 3.63) is 35.5 Å². The summed E-state index contributed by atoms with van der Waals surface area (Å²) in [5.74, 6) is 1.25. The summed E-state index contributed by atoms with van der Waals surface area (Å²) in [5, 5.41) is 12.6. The third kappa shape index (κ3) is 2.85. The highest BCUT2D eigenvalue weighted by Gasteiger charge is 2.44. The first-order valence-electron chi connectivity index (χ1n) is 10.7. The summed E-state index contributed by atoms with van der Waals surface area (Å²) >= 11 is 0. The van der Waals surface area contributed by atoms with Gasteiger partial charge in [0.15, 0.2) is 0 Å². The molecule has 0 spiro atoms. The van der Waals surface area contributed by atoms with Gasteiger partial charge in [-0.05, 0) is 61.3 Å². The monoisotopic (exact) mass is 366 g/mol. The number of fused-ring (bicyclic) bond motifs is 2. The third-order valence-electron chi connectivity index (χ3n) is 7.37. The minimum Gasteiger partial charge on any atom is -0.392 e. The number of benzene rings is 1. The molecular formula is C23H30N2O2. The standard InChI is InChI=1S/C23H30N2O2/c1-2-8-25-13-16(23(27)14-6-7-17(26)9-14)10-19-18-4-3-5-20-22(18)15(12-24-20)11-21(19)25/h3-5,12,14,16,19,21,23-24,27H,2,6-11,13H2,1H3/t14?,16?,19-,21-,23?/m1/s1. The highest BCUT2D eigenvalue weighted by molar-refractivity contribution is 5.88. The molecule has 0 bridgehead atoms. The number of piperidine rings is 1. The van der Waals surface area contributed by atoms with Crippen molar-refractivity contribution in [3.8, 4) is 0 Å². The summed E-state index contributed by atoms with van der Waals surface area (Å²) in [4.78, 5) is 17.8. The Morgan fingerprint density at radius 1 is 1.30 bits per heavy atom. The summed E-state index contributed by atoms with van der Waals surface area (Å²) in [6.45, 7) is 4.30. The predicted octanol–water partition coefficient (Wildman–Crippen LogP) is 3.64. The molecule has 5 rings (SSSR count). The van der Waals surface area contributed by atoms with Crippen molar-refractivity contribution >= 4 is 16.7 Å². The van der Waals surface area contributed by atoms with E-state index < -0.39 is 0 Å². The van der Waals surface area contributed by atoms with Gasteiger partial charge in [0.05, 0.1) is 6.10 Å². The zero-order valence-electron chi connectivity index (χ0n) is 16.2. The Kier molecular flexibility index (Phi) is 4.36. The first-order valence-corrected chi connectivity index (χ1v) is 10.7. The topological polar surface area (TPSA) is 56.3 Å². The summed E-state index contributed by atoms with van der Waals surface area (Å²) in [5.41, 5.74) is 4.15. The van der Waals surface area contributed by atoms with Gasteiger partial charge in [-0.15, -0.1) is 0 Å². The number of Topliss-reactive ketones (excluding diaryl/α,β-unsaturated/α-hetero) is 1. The van der Waals surface area contributed by atoms with Gasteiger partial charge in [-0.1, -0.05) is 19.1 Å². The van der Waals surface area contributed by atoms with Gasteiger partial charge in [-0.3, -0.25) is 9.69 Å². The quantitative estimate of drug-likeness (QED) is 0.869. The lowest BCUT2D eigenvalue weighted by Gasteiger charge is -2.48. The van der Waals surface area contributed by atoms with E-state index in [0.717, 1.165) is 38.8 Å². The Labute approximate surface area is 160 Å². The molecule has 1 aliphatic heterocycles. The molecule has 2 N–H and O–H groups in total. The molecular weight excluding hydrogens is 336 g/mol. The molecule has 2 aliphatic carbocycles. The summed E-state index contributed by atoms with van der Waals surface area (Å²) in [7, 11) is 0. The SMILES string of the molecule is CCCN1CC(C(O)C2CCC(=O)C2)C[C@@H]2c3cccc4[nH]cc(c34)C[C@H]21. The van der Waals surface area contributed by atoms with E-state index in [1.54, 1.807) is 0 Å². The van der Waals surface area contributed by atoms with Gasteiger partial charge in [-0.2, -0.15) is 0 Å². The highest BCUT2D eigenvalue weighted by Crippen LogP contribution is 2.46. The largest absolute Gasteiger partial charge is 0.392 e. The number of aromatic nitrogens is 1. The number of carbonyl (C=O) groups excluding carboxylic acids is 1. The number of aromatic amines is 1. The number of aliphatic hydroxyl groups excluding tert-OH is 1. The maximum atomic E-state index is 11.7. The molecule has 1 aromatic heterocycles. The number of nitrogens with zero attached hydrogens (tertiary/aromatic N) is 1. The van der Waals surface area contributed by atoms with Gasteiger partial charge in [0, 0.05) is 48.4 Å². The lowest BCUT2D eigenvalue weighted by atomic mass is 9.70. The van der Waals surface area contributed by atoms with E-state index in [2.05, 4.69) is 41.2 Å². The second-order valence-corrected chi connectivity index (χ2v) is 8.98. The van der Waals surface area contributed by atoms with Gasteiger partial charge in [0.1, 0.15) is 5.78 Å². The summed E-state index contributed by atoms with van der Waals surface area (Å²) < 4.78 is 0. The Hall–Kier alpha value is -1.65. The molecule has 1 saturated carbocycles. The fraction of sp³-hybridized carbons (Fsp3) is 0.609. The van der Waals surface area contributed by atoms with Crippen LogP contribution in [0.15, 0.2) is 24.4 Å². The van der Waals surface area contributed by atoms with Gasteiger partial charge in [0.25, 0.3) is 0 Å². The van der Waals surface area contributed by atoms with Gasteiger partial charge >= 0.3 is 0 Å². The Balaban J connectivity index is 1.48. The van der Waals surface area contributed by atoms with Crippen LogP contribution in [0.2, 0.25) is 0 Å². The normalized spacial score (nSPS) is 32.0. The highest BCUT2D eigenvalue weighted by atomic mass is 16.3. The lowest BCUT2D eigenvalue weighted by molar-refractivity contribution is -0.118. The Morgan fingerprint density at radius 2 is 2.19 bits per heavy atom. The van der Waals surface area contributed by atoms with Crippen molar-refractivity contribution in [2.45, 2.75) is 63.5 Å². The molecule has 0 amide bonds. The maximum Gasteiger partial charge on any atom is 0.133 e. The molecule has 2 heterocycles. The fourth-order valence-corrected chi connectivity index (χ4v) is 6.15. The average molecular weight is 367 g/mol. The van der Waals surface area contributed by atoms with Crippen LogP contribution < -0.4 is 0 Å². The van der Waals surface area contributed by atoms with Crippen LogP contribution in [0.4, 0.5) is 0 Å². The van der Waals surface area contributed by atoms with Crippen LogP contribution in [-0.2, 0) is 11.2 Å². The zero-order valence-corrected chi connectivity index (χ0v) is 16.2. The Morgan fingerprint density at radius 3 is 2.96 bits per heavy atom. The molecule has 2 fully saturated rings. The molecule has 4 nitrogen and oxygen atoms in total. The second kappa shape index (κ2) is 6.75. The maximum absolute atomic E-state index is 11.7. The number of hydrogen-bond acceptors (Lipinski definition) is 3. The van der Waals surface area contributed by atoms with E-state index in [-0.39, 0.29) is 17.9 Å².